The van der Waals surface area contributed by atoms with Crippen molar-refractivity contribution < 1.29 is 19.4 Å². The number of amides is 1. The van der Waals surface area contributed by atoms with E-state index in [1.54, 1.807) is 11.3 Å². The minimum absolute atomic E-state index is 0.152. The average Bonchev–Trinajstić information content (AvgIpc) is 3.81. The summed E-state index contributed by atoms with van der Waals surface area (Å²) in [6.45, 7) is 5.49. The molecule has 2 N–H and O–H groups in total. The zero-order valence-electron chi connectivity index (χ0n) is 25.3. The summed E-state index contributed by atoms with van der Waals surface area (Å²) in [5.41, 5.74) is 4.24. The van der Waals surface area contributed by atoms with Gasteiger partial charge in [-0.25, -0.2) is 29.4 Å². The van der Waals surface area contributed by atoms with Crippen LogP contribution in [-0.4, -0.2) is 85.9 Å². The van der Waals surface area contributed by atoms with Gasteiger partial charge in [0.05, 0.1) is 42.0 Å². The molecule has 236 valence electrons. The van der Waals surface area contributed by atoms with E-state index in [4.69, 9.17) is 29.5 Å². The van der Waals surface area contributed by atoms with E-state index in [-0.39, 0.29) is 23.8 Å². The minimum Gasteiger partial charge on any atom is -0.465 e. The number of anilines is 3. The van der Waals surface area contributed by atoms with Crippen molar-refractivity contribution in [3.63, 3.8) is 0 Å². The number of aromatic nitrogens is 6. The smallest absolute Gasteiger partial charge is 0.404 e. The molecule has 4 aliphatic rings. The summed E-state index contributed by atoms with van der Waals surface area (Å²) < 4.78 is 14.1. The molecule has 8 heterocycles. The predicted octanol–water partition coefficient (Wildman–Crippen LogP) is 4.77. The second-order valence-corrected chi connectivity index (χ2v) is 13.4. The molecule has 4 aliphatic heterocycles. The van der Waals surface area contributed by atoms with Gasteiger partial charge in [0.15, 0.2) is 23.2 Å². The molecule has 4 aromatic heterocycles. The molecule has 0 bridgehead atoms. The van der Waals surface area contributed by atoms with E-state index in [0.717, 1.165) is 109 Å². The van der Waals surface area contributed by atoms with Crippen molar-refractivity contribution in [1.82, 2.24) is 35.0 Å². The van der Waals surface area contributed by atoms with Crippen molar-refractivity contribution in [3.8, 4) is 10.7 Å². The van der Waals surface area contributed by atoms with E-state index in [9.17, 15) is 9.90 Å². The number of piperidine rings is 1. The number of carbonyl (C=O) groups is 1. The van der Waals surface area contributed by atoms with Crippen LogP contribution < -0.4 is 15.1 Å². The van der Waals surface area contributed by atoms with Gasteiger partial charge in [0.1, 0.15) is 10.8 Å². The first-order valence-corrected chi connectivity index (χ1v) is 16.8. The van der Waals surface area contributed by atoms with E-state index < -0.39 is 6.09 Å². The van der Waals surface area contributed by atoms with Crippen molar-refractivity contribution in [2.45, 2.75) is 70.2 Å². The minimum atomic E-state index is -1.00. The van der Waals surface area contributed by atoms with E-state index in [0.29, 0.717) is 13.2 Å². The molecule has 3 atom stereocenters. The average molecular weight is 632 g/mol. The maximum Gasteiger partial charge on any atom is 0.404 e. The Morgan fingerprint density at radius 3 is 2.78 bits per heavy atom. The Morgan fingerprint density at radius 2 is 2.00 bits per heavy atom. The standard InChI is InChI=1S/C31H37N9O4S/c1-19-26(36-30(41)42)31(18-44-19)9-13-38(14-10-31)23-17-33-25-27(35-23)40(24-6-2-3-15-43-24)37-28(25)39-12-4-5-20-22(39)8-7-21(34-20)29-32-11-16-45-29/h7-8,11,16-17,19,24,26,36H,2-6,9-10,12-15,18H2,1H3,(H,41,42)/t19-,24?,26+/m0/s1. The second kappa shape index (κ2) is 11.5. The molecule has 14 heteroatoms. The van der Waals surface area contributed by atoms with Crippen molar-refractivity contribution in [1.29, 1.82) is 0 Å². The topological polar surface area (TPSA) is 144 Å². The lowest BCUT2D eigenvalue weighted by Crippen LogP contribution is -2.54. The Labute approximate surface area is 264 Å². The second-order valence-electron chi connectivity index (χ2n) is 12.5. The largest absolute Gasteiger partial charge is 0.465 e. The van der Waals surface area contributed by atoms with Gasteiger partial charge in [-0.2, -0.15) is 0 Å². The van der Waals surface area contributed by atoms with Crippen LogP contribution in [0.15, 0.2) is 29.9 Å². The number of aryl methyl sites for hydroxylation is 1. The van der Waals surface area contributed by atoms with Gasteiger partial charge in [-0.15, -0.1) is 16.4 Å². The van der Waals surface area contributed by atoms with E-state index in [2.05, 4.69) is 26.2 Å². The molecule has 1 spiro atoms. The SMILES string of the molecule is C[C@@H]1OCC2(CCN(c3cnc4c(N5CCCc6nc(-c7nccs7)ccc65)nn(C5CCCCO5)c4n3)CC2)[C@@H]1NC(=O)O. The Morgan fingerprint density at radius 1 is 1.11 bits per heavy atom. The lowest BCUT2D eigenvalue weighted by molar-refractivity contribution is -0.0368. The molecule has 0 saturated carbocycles. The van der Waals surface area contributed by atoms with E-state index in [1.165, 1.54) is 0 Å². The number of nitrogens with zero attached hydrogens (tertiary/aromatic N) is 8. The van der Waals surface area contributed by atoms with Crippen LogP contribution in [0.2, 0.25) is 0 Å². The van der Waals surface area contributed by atoms with Crippen LogP contribution >= 0.6 is 11.3 Å². The summed E-state index contributed by atoms with van der Waals surface area (Å²) in [6.07, 6.45) is 8.77. The number of hydrogen-bond acceptors (Lipinski definition) is 11. The highest BCUT2D eigenvalue weighted by Gasteiger charge is 2.50. The van der Waals surface area contributed by atoms with Crippen molar-refractivity contribution in [2.75, 3.05) is 42.6 Å². The van der Waals surface area contributed by atoms with Crippen LogP contribution in [-0.2, 0) is 15.9 Å². The molecule has 13 nitrogen and oxygen atoms in total. The first-order valence-electron chi connectivity index (χ1n) is 15.9. The maximum absolute atomic E-state index is 11.5. The monoisotopic (exact) mass is 631 g/mol. The number of hydrogen-bond donors (Lipinski definition) is 2. The molecule has 1 unspecified atom stereocenters. The van der Waals surface area contributed by atoms with Crippen LogP contribution in [0.4, 0.5) is 22.1 Å². The fourth-order valence-electron chi connectivity index (χ4n) is 7.50. The normalized spacial score (nSPS) is 24.7. The Balaban J connectivity index is 1.12. The third kappa shape index (κ3) is 5.08. The van der Waals surface area contributed by atoms with E-state index in [1.807, 2.05) is 35.4 Å². The molecule has 0 radical (unpaired) electrons. The summed E-state index contributed by atoms with van der Waals surface area (Å²) in [5.74, 6) is 1.57. The van der Waals surface area contributed by atoms with Gasteiger partial charge in [0.2, 0.25) is 0 Å². The highest BCUT2D eigenvalue weighted by atomic mass is 32.1. The summed E-state index contributed by atoms with van der Waals surface area (Å²) in [4.78, 5) is 35.6. The number of thiazole rings is 1. The van der Waals surface area contributed by atoms with Gasteiger partial charge < -0.3 is 29.7 Å². The van der Waals surface area contributed by atoms with E-state index >= 15 is 0 Å². The summed E-state index contributed by atoms with van der Waals surface area (Å²) in [7, 11) is 0. The van der Waals surface area contributed by atoms with Gasteiger partial charge in [0, 0.05) is 43.2 Å². The lowest BCUT2D eigenvalue weighted by atomic mass is 9.73. The van der Waals surface area contributed by atoms with Crippen molar-refractivity contribution >= 4 is 45.9 Å². The molecule has 0 aliphatic carbocycles. The lowest BCUT2D eigenvalue weighted by Gasteiger charge is -2.42. The molecule has 45 heavy (non-hydrogen) atoms. The summed E-state index contributed by atoms with van der Waals surface area (Å²) in [5, 5.41) is 20.2. The van der Waals surface area contributed by atoms with Gasteiger partial charge in [0.25, 0.3) is 0 Å². The zero-order valence-corrected chi connectivity index (χ0v) is 26.1. The Bertz CT molecular complexity index is 1700. The van der Waals surface area contributed by atoms with Gasteiger partial charge in [-0.05, 0) is 64.0 Å². The van der Waals surface area contributed by atoms with Crippen LogP contribution in [0.25, 0.3) is 21.9 Å². The Hall–Kier alpha value is -3.88. The van der Waals surface area contributed by atoms with Crippen molar-refractivity contribution in [3.05, 3.63) is 35.6 Å². The van der Waals surface area contributed by atoms with Gasteiger partial charge in [-0.3, -0.25) is 0 Å². The number of pyridine rings is 1. The van der Waals surface area contributed by atoms with Gasteiger partial charge >= 0.3 is 6.09 Å². The number of rotatable bonds is 5. The third-order valence-electron chi connectivity index (χ3n) is 9.87. The maximum atomic E-state index is 11.5. The molecule has 0 aromatic carbocycles. The molecule has 4 aromatic rings. The highest BCUT2D eigenvalue weighted by Crippen LogP contribution is 2.43. The molecule has 8 rings (SSSR count). The number of ether oxygens (including phenoxy) is 2. The number of carboxylic acid groups (broad SMARTS) is 1. The van der Waals surface area contributed by atoms with Crippen LogP contribution in [0.3, 0.4) is 0 Å². The summed E-state index contributed by atoms with van der Waals surface area (Å²) in [6, 6.07) is 3.95. The number of nitrogens with one attached hydrogen (secondary N) is 1. The van der Waals surface area contributed by atoms with Crippen molar-refractivity contribution in [2.24, 2.45) is 5.41 Å². The molecular formula is C31H37N9O4S. The molecule has 3 fully saturated rings. The fraction of sp³-hybridized carbons (Fsp3) is 0.548. The fourth-order valence-corrected chi connectivity index (χ4v) is 8.10. The highest BCUT2D eigenvalue weighted by molar-refractivity contribution is 7.13. The van der Waals surface area contributed by atoms with Crippen LogP contribution in [0.5, 0.6) is 0 Å². The first-order chi connectivity index (χ1) is 22.0. The molecular weight excluding hydrogens is 594 g/mol. The van der Waals surface area contributed by atoms with Crippen LogP contribution in [0, 0.1) is 5.41 Å². The first kappa shape index (κ1) is 28.6. The molecule has 3 saturated heterocycles. The predicted molar refractivity (Wildman–Crippen MR) is 169 cm³/mol. The molecule has 1 amide bonds. The Kier molecular flexibility index (Phi) is 7.29. The third-order valence-corrected chi connectivity index (χ3v) is 10.7. The quantitative estimate of drug-likeness (QED) is 0.314. The summed E-state index contributed by atoms with van der Waals surface area (Å²) >= 11 is 1.59. The zero-order chi connectivity index (χ0) is 30.5. The van der Waals surface area contributed by atoms with Gasteiger partial charge in [-0.1, -0.05) is 0 Å². The number of fused-ring (bicyclic) bond motifs is 2. The van der Waals surface area contributed by atoms with Crippen LogP contribution in [0.1, 0.15) is 57.4 Å².